The average Bonchev–Trinajstić information content (AvgIpc) is 2.56. The molecule has 0 aliphatic heterocycles. The van der Waals surface area contributed by atoms with Crippen molar-refractivity contribution in [1.82, 2.24) is 5.32 Å². The number of rotatable bonds is 5. The minimum atomic E-state index is -1.14. The number of nitrogens with one attached hydrogen (secondary N) is 2. The second-order valence-electron chi connectivity index (χ2n) is 4.86. The topological polar surface area (TPSA) is 87.7 Å². The molecule has 0 bridgehead atoms. The summed E-state index contributed by atoms with van der Waals surface area (Å²) in [6.45, 7) is -0.239. The van der Waals surface area contributed by atoms with Gasteiger partial charge in [-0.2, -0.15) is 0 Å². The van der Waals surface area contributed by atoms with Gasteiger partial charge >= 0.3 is 5.97 Å². The number of amides is 1. The van der Waals surface area contributed by atoms with Crippen LogP contribution < -0.4 is 15.4 Å². The van der Waals surface area contributed by atoms with E-state index in [4.69, 9.17) is 17.0 Å². The summed E-state index contributed by atoms with van der Waals surface area (Å²) in [5, 5.41) is 14.4. The molecule has 0 radical (unpaired) electrons. The number of thiocarbonyl (C=S) groups is 1. The van der Waals surface area contributed by atoms with Crippen molar-refractivity contribution >= 4 is 82.7 Å². The van der Waals surface area contributed by atoms with Crippen molar-refractivity contribution in [2.24, 2.45) is 0 Å². The van der Waals surface area contributed by atoms with Crippen molar-refractivity contribution in [3.8, 4) is 5.75 Å². The first kappa shape index (κ1) is 20.8. The Morgan fingerprint density at radius 1 is 1.08 bits per heavy atom. The number of carboxylic acids is 1. The molecule has 0 spiro atoms. The number of carbonyl (C=O) groups excluding carboxylic acids is 1. The van der Waals surface area contributed by atoms with Gasteiger partial charge < -0.3 is 15.2 Å². The van der Waals surface area contributed by atoms with Crippen LogP contribution in [0.15, 0.2) is 49.8 Å². The Morgan fingerprint density at radius 3 is 2.35 bits per heavy atom. The molecular formula is C16H11Br3N2O4S. The fourth-order valence-corrected chi connectivity index (χ4v) is 3.66. The maximum absolute atomic E-state index is 11.9. The van der Waals surface area contributed by atoms with Crippen LogP contribution in [0.5, 0.6) is 5.75 Å². The van der Waals surface area contributed by atoms with E-state index in [1.54, 1.807) is 30.3 Å². The molecule has 26 heavy (non-hydrogen) atoms. The van der Waals surface area contributed by atoms with Crippen LogP contribution in [-0.2, 0) is 4.79 Å². The predicted molar refractivity (Wildman–Crippen MR) is 113 cm³/mol. The van der Waals surface area contributed by atoms with Crippen molar-refractivity contribution in [1.29, 1.82) is 0 Å². The molecule has 0 heterocycles. The number of hydrogen-bond acceptors (Lipinski definition) is 4. The van der Waals surface area contributed by atoms with E-state index in [2.05, 4.69) is 58.4 Å². The van der Waals surface area contributed by atoms with Crippen LogP contribution in [0, 0.1) is 0 Å². The summed E-state index contributed by atoms with van der Waals surface area (Å²) < 4.78 is 7.31. The minimum Gasteiger partial charge on any atom is -0.484 e. The molecule has 0 saturated carbocycles. The summed E-state index contributed by atoms with van der Waals surface area (Å²) in [5.41, 5.74) is 0.230. The Morgan fingerprint density at radius 2 is 1.73 bits per heavy atom. The first-order valence-corrected chi connectivity index (χ1v) is 9.76. The van der Waals surface area contributed by atoms with Crippen LogP contribution >= 0.6 is 60.0 Å². The van der Waals surface area contributed by atoms with Crippen LogP contribution in [0.3, 0.4) is 0 Å². The molecule has 0 aliphatic rings. The lowest BCUT2D eigenvalue weighted by molar-refractivity contribution is -0.121. The van der Waals surface area contributed by atoms with E-state index in [1.807, 2.05) is 0 Å². The molecule has 0 saturated heterocycles. The number of carbonyl (C=O) groups is 2. The molecule has 0 unspecified atom stereocenters. The summed E-state index contributed by atoms with van der Waals surface area (Å²) in [5.74, 6) is -1.08. The lowest BCUT2D eigenvalue weighted by atomic mass is 10.2. The van der Waals surface area contributed by atoms with E-state index in [0.29, 0.717) is 14.7 Å². The number of anilines is 1. The number of halogens is 3. The van der Waals surface area contributed by atoms with E-state index in [0.717, 1.165) is 4.47 Å². The third-order valence-corrected chi connectivity index (χ3v) is 4.78. The van der Waals surface area contributed by atoms with Crippen molar-refractivity contribution < 1.29 is 19.4 Å². The second-order valence-corrected chi connectivity index (χ2v) is 7.95. The van der Waals surface area contributed by atoms with Gasteiger partial charge in [0.15, 0.2) is 11.7 Å². The van der Waals surface area contributed by atoms with Crippen LogP contribution in [0.25, 0.3) is 0 Å². The summed E-state index contributed by atoms with van der Waals surface area (Å²) in [6.07, 6.45) is 0. The molecule has 2 aromatic carbocycles. The number of hydrogen-bond donors (Lipinski definition) is 3. The highest BCUT2D eigenvalue weighted by Gasteiger charge is 2.16. The number of carboxylic acid groups (broad SMARTS) is 1. The van der Waals surface area contributed by atoms with Crippen molar-refractivity contribution in [2.45, 2.75) is 0 Å². The maximum atomic E-state index is 11.9. The van der Waals surface area contributed by atoms with Crippen LogP contribution in [0.2, 0.25) is 0 Å². The highest BCUT2D eigenvalue weighted by Crippen LogP contribution is 2.30. The van der Waals surface area contributed by atoms with Gasteiger partial charge in [0.1, 0.15) is 5.75 Å². The molecule has 0 fully saturated rings. The van der Waals surface area contributed by atoms with Gasteiger partial charge in [-0.05, 0) is 64.5 Å². The minimum absolute atomic E-state index is 0.00559. The molecule has 136 valence electrons. The predicted octanol–water partition coefficient (Wildman–Crippen LogP) is 4.56. The third-order valence-electron chi connectivity index (χ3n) is 2.96. The molecule has 0 aliphatic carbocycles. The zero-order chi connectivity index (χ0) is 19.3. The van der Waals surface area contributed by atoms with Crippen molar-refractivity contribution in [2.75, 3.05) is 11.9 Å². The van der Waals surface area contributed by atoms with Crippen molar-refractivity contribution in [3.63, 3.8) is 0 Å². The van der Waals surface area contributed by atoms with Crippen molar-refractivity contribution in [3.05, 3.63) is 55.4 Å². The zero-order valence-electron chi connectivity index (χ0n) is 12.9. The van der Waals surface area contributed by atoms with Crippen LogP contribution in [0.1, 0.15) is 10.4 Å². The zero-order valence-corrected chi connectivity index (χ0v) is 18.5. The number of aromatic carboxylic acids is 1. The first-order chi connectivity index (χ1) is 12.3. The van der Waals surface area contributed by atoms with Crippen LogP contribution in [-0.4, -0.2) is 28.7 Å². The van der Waals surface area contributed by atoms with Gasteiger partial charge in [-0.25, -0.2) is 4.79 Å². The Bertz CT molecular complexity index is 859. The standard InChI is InChI=1S/C16H11Br3N2O4S/c17-8-1-3-10(4-2-8)25-7-13(22)20-16(26)21-14-11(15(23)24)5-9(18)6-12(14)19/h1-6H,7H2,(H,23,24)(H2,20,21,22,26). The molecule has 3 N–H and O–H groups in total. The highest BCUT2D eigenvalue weighted by atomic mass is 79.9. The summed E-state index contributed by atoms with van der Waals surface area (Å²) in [7, 11) is 0. The molecule has 0 aromatic heterocycles. The van der Waals surface area contributed by atoms with Gasteiger partial charge in [-0.15, -0.1) is 0 Å². The van der Waals surface area contributed by atoms with Gasteiger partial charge in [-0.3, -0.25) is 10.1 Å². The Hall–Kier alpha value is -1.49. The summed E-state index contributed by atoms with van der Waals surface area (Å²) >= 11 is 14.9. The lowest BCUT2D eigenvalue weighted by Gasteiger charge is -2.14. The van der Waals surface area contributed by atoms with Gasteiger partial charge in [-0.1, -0.05) is 31.9 Å². The fraction of sp³-hybridized carbons (Fsp3) is 0.0625. The maximum Gasteiger partial charge on any atom is 0.337 e. The average molecular weight is 567 g/mol. The van der Waals surface area contributed by atoms with E-state index in [9.17, 15) is 14.7 Å². The lowest BCUT2D eigenvalue weighted by Crippen LogP contribution is -2.37. The van der Waals surface area contributed by atoms with E-state index in [1.165, 1.54) is 6.07 Å². The van der Waals surface area contributed by atoms with E-state index in [-0.39, 0.29) is 23.0 Å². The van der Waals surface area contributed by atoms with E-state index >= 15 is 0 Å². The molecule has 10 heteroatoms. The largest absolute Gasteiger partial charge is 0.484 e. The third kappa shape index (κ3) is 6.04. The van der Waals surface area contributed by atoms with E-state index < -0.39 is 11.9 Å². The molecule has 2 rings (SSSR count). The first-order valence-electron chi connectivity index (χ1n) is 6.98. The molecule has 0 atom stereocenters. The summed E-state index contributed by atoms with van der Waals surface area (Å²) in [4.78, 5) is 23.3. The normalized spacial score (nSPS) is 10.1. The second kappa shape index (κ2) is 9.45. The number of benzene rings is 2. The molecule has 1 amide bonds. The smallest absolute Gasteiger partial charge is 0.337 e. The Kier molecular flexibility index (Phi) is 7.56. The Labute approximate surface area is 179 Å². The van der Waals surface area contributed by atoms with Crippen LogP contribution in [0.4, 0.5) is 5.69 Å². The van der Waals surface area contributed by atoms with Gasteiger partial charge in [0.05, 0.1) is 11.3 Å². The fourth-order valence-electron chi connectivity index (χ4n) is 1.86. The monoisotopic (exact) mass is 564 g/mol. The van der Waals surface area contributed by atoms with Gasteiger partial charge in [0.25, 0.3) is 5.91 Å². The quantitative estimate of drug-likeness (QED) is 0.460. The molecular weight excluding hydrogens is 556 g/mol. The molecule has 2 aromatic rings. The van der Waals surface area contributed by atoms with Gasteiger partial charge in [0, 0.05) is 13.4 Å². The number of ether oxygens (including phenoxy) is 1. The molecule has 6 nitrogen and oxygen atoms in total. The SMILES string of the molecule is O=C(COc1ccc(Br)cc1)NC(=S)Nc1c(Br)cc(Br)cc1C(=O)O. The Balaban J connectivity index is 1.97. The van der Waals surface area contributed by atoms with Gasteiger partial charge in [0.2, 0.25) is 0 Å². The summed E-state index contributed by atoms with van der Waals surface area (Å²) in [6, 6.07) is 10.1. The highest BCUT2D eigenvalue weighted by molar-refractivity contribution is 9.11.